The molecule has 1 aromatic carbocycles. The third-order valence-corrected chi connectivity index (χ3v) is 5.29. The van der Waals surface area contributed by atoms with Crippen LogP contribution < -0.4 is 11.4 Å². The van der Waals surface area contributed by atoms with E-state index in [4.69, 9.17) is 10.5 Å². The Morgan fingerprint density at radius 3 is 2.65 bits per heavy atom. The fourth-order valence-corrected chi connectivity index (χ4v) is 3.54. The number of aromatic hydroxyl groups is 1. The van der Waals surface area contributed by atoms with Gasteiger partial charge in [0.05, 0.1) is 19.3 Å². The van der Waals surface area contributed by atoms with Crippen molar-refractivity contribution in [3.63, 3.8) is 0 Å². The maximum absolute atomic E-state index is 12.6. The number of aromatic nitrogens is 2. The first kappa shape index (κ1) is 25.4. The third-order valence-electron chi connectivity index (χ3n) is 5.29. The summed E-state index contributed by atoms with van der Waals surface area (Å²) in [7, 11) is 0. The predicted molar refractivity (Wildman–Crippen MR) is 108 cm³/mol. The zero-order valence-electron chi connectivity index (χ0n) is 17.5. The van der Waals surface area contributed by atoms with Crippen LogP contribution in [0.2, 0.25) is 0 Å². The quantitative estimate of drug-likeness (QED) is 0.118. The molecule has 14 nitrogen and oxygen atoms in total. The number of rotatable bonds is 8. The number of hydroxylamine groups is 2. The first-order chi connectivity index (χ1) is 16.0. The maximum Gasteiger partial charge on any atom is 0.353 e. The largest absolute Gasteiger partial charge is 0.508 e. The van der Waals surface area contributed by atoms with Crippen LogP contribution in [0.4, 0.5) is 10.2 Å². The van der Waals surface area contributed by atoms with E-state index in [1.165, 1.54) is 24.3 Å². The number of esters is 1. The van der Waals surface area contributed by atoms with Crippen LogP contribution in [-0.4, -0.2) is 89.1 Å². The number of carbonyl (C=O) groups is 1. The normalized spacial score (nSPS) is 26.7. The lowest BCUT2D eigenvalue weighted by atomic mass is 9.99. The van der Waals surface area contributed by atoms with E-state index in [9.17, 15) is 44.7 Å². The number of phenolic OH excluding ortho intramolecular Hbond substituents is 1. The van der Waals surface area contributed by atoms with Gasteiger partial charge in [-0.1, -0.05) is 18.2 Å². The van der Waals surface area contributed by atoms with Gasteiger partial charge in [0.15, 0.2) is 0 Å². The SMILES string of the molecule is Nc1c(C(=O)OCCF)cnc(=O)n1[C@@]1(O)O[C@H](CO)[C@@H](O)[C@]1(O)N(O)Cc1ccccc1O. The Bertz CT molecular complexity index is 1120. The van der Waals surface area contributed by atoms with Crippen molar-refractivity contribution < 1.29 is 49.4 Å². The van der Waals surface area contributed by atoms with Crippen molar-refractivity contribution in [2.24, 2.45) is 0 Å². The van der Waals surface area contributed by atoms with Crippen LogP contribution in [0.25, 0.3) is 0 Å². The molecular formula is C19H23FN4O10. The van der Waals surface area contributed by atoms with Crippen molar-refractivity contribution in [2.45, 2.75) is 30.4 Å². The number of aliphatic hydroxyl groups excluding tert-OH is 2. The van der Waals surface area contributed by atoms with Crippen LogP contribution in [-0.2, 0) is 21.9 Å². The Morgan fingerprint density at radius 1 is 1.35 bits per heavy atom. The topological polar surface area (TPSA) is 221 Å². The molecule has 0 aliphatic carbocycles. The predicted octanol–water partition coefficient (Wildman–Crippen LogP) is -2.41. The molecule has 1 saturated heterocycles. The van der Waals surface area contributed by atoms with E-state index in [0.717, 1.165) is 0 Å². The highest BCUT2D eigenvalue weighted by Crippen LogP contribution is 2.44. The van der Waals surface area contributed by atoms with Gasteiger partial charge in [-0.15, -0.1) is 5.06 Å². The number of halogens is 1. The molecule has 34 heavy (non-hydrogen) atoms. The van der Waals surface area contributed by atoms with Gasteiger partial charge in [0.1, 0.15) is 42.6 Å². The van der Waals surface area contributed by atoms with Gasteiger partial charge in [0.25, 0.3) is 0 Å². The van der Waals surface area contributed by atoms with Gasteiger partial charge in [0, 0.05) is 5.56 Å². The van der Waals surface area contributed by atoms with Gasteiger partial charge in [-0.25, -0.2) is 23.5 Å². The molecule has 0 spiro atoms. The number of anilines is 1. The molecule has 0 amide bonds. The van der Waals surface area contributed by atoms with Crippen LogP contribution in [0.1, 0.15) is 15.9 Å². The van der Waals surface area contributed by atoms with E-state index in [2.05, 4.69) is 9.72 Å². The van der Waals surface area contributed by atoms with Crippen molar-refractivity contribution in [3.05, 3.63) is 52.1 Å². The molecule has 0 bridgehead atoms. The Kier molecular flexibility index (Phi) is 7.18. The number of carbonyl (C=O) groups excluding carboxylic acids is 1. The number of nitrogen functional groups attached to an aromatic ring is 1. The lowest BCUT2D eigenvalue weighted by molar-refractivity contribution is -0.413. The minimum atomic E-state index is -3.44. The van der Waals surface area contributed by atoms with Crippen LogP contribution >= 0.6 is 0 Å². The molecule has 8 N–H and O–H groups in total. The highest BCUT2D eigenvalue weighted by Gasteiger charge is 2.70. The molecule has 1 aliphatic rings. The molecule has 186 valence electrons. The molecule has 3 rings (SSSR count). The molecule has 1 aromatic heterocycles. The summed E-state index contributed by atoms with van der Waals surface area (Å²) in [4.78, 5) is 28.1. The number of nitrogens with zero attached hydrogens (tertiary/aromatic N) is 3. The van der Waals surface area contributed by atoms with Crippen LogP contribution in [0, 0.1) is 0 Å². The van der Waals surface area contributed by atoms with Crippen molar-refractivity contribution in [1.29, 1.82) is 0 Å². The first-order valence-electron chi connectivity index (χ1n) is 9.78. The number of phenols is 1. The van der Waals surface area contributed by atoms with Crippen LogP contribution in [0.5, 0.6) is 5.75 Å². The molecule has 0 radical (unpaired) electrons. The standard InChI is InChI=1S/C19H23FN4O10/c20-5-6-33-16(28)11-7-22-17(29)24(15(11)21)19(31)18(30,14(27)13(9-25)34-19)23(32)8-10-3-1-2-4-12(10)26/h1-4,7,13-14,25-27,30-32H,5-6,8-9,21H2/t13-,14-,18-,19+/m1/s1. The summed E-state index contributed by atoms with van der Waals surface area (Å²) in [5, 5.41) is 63.5. The minimum Gasteiger partial charge on any atom is -0.508 e. The number of para-hydroxylation sites is 1. The van der Waals surface area contributed by atoms with Crippen molar-refractivity contribution >= 4 is 11.8 Å². The van der Waals surface area contributed by atoms with Crippen molar-refractivity contribution in [3.8, 4) is 5.75 Å². The van der Waals surface area contributed by atoms with Crippen LogP contribution in [0.15, 0.2) is 35.3 Å². The number of alkyl halides is 1. The second-order valence-electron chi connectivity index (χ2n) is 7.30. The minimum absolute atomic E-state index is 0.0161. The average molecular weight is 486 g/mol. The number of ether oxygens (including phenoxy) is 2. The molecule has 0 unspecified atom stereocenters. The van der Waals surface area contributed by atoms with Crippen molar-refractivity contribution in [1.82, 2.24) is 14.6 Å². The van der Waals surface area contributed by atoms with Gasteiger partial charge < -0.3 is 45.9 Å². The fourth-order valence-electron chi connectivity index (χ4n) is 3.54. The highest BCUT2D eigenvalue weighted by molar-refractivity contribution is 5.93. The second-order valence-corrected chi connectivity index (χ2v) is 7.30. The molecule has 1 fully saturated rings. The second kappa shape index (κ2) is 9.59. The Hall–Kier alpha value is -3.18. The lowest BCUT2D eigenvalue weighted by Crippen LogP contribution is -2.68. The number of nitrogens with two attached hydrogens (primary N) is 1. The Morgan fingerprint density at radius 2 is 2.03 bits per heavy atom. The Balaban J connectivity index is 2.15. The fraction of sp³-hybridized carbons (Fsp3) is 0.421. The van der Waals surface area contributed by atoms with Gasteiger partial charge in [0.2, 0.25) is 5.72 Å². The van der Waals surface area contributed by atoms with Gasteiger partial charge in [-0.3, -0.25) is 0 Å². The lowest BCUT2D eigenvalue weighted by Gasteiger charge is -2.42. The summed E-state index contributed by atoms with van der Waals surface area (Å²) in [5.41, 5.74) is 0.506. The van der Waals surface area contributed by atoms with Crippen molar-refractivity contribution in [2.75, 3.05) is 25.6 Å². The summed E-state index contributed by atoms with van der Waals surface area (Å²) in [6, 6.07) is 5.56. The molecule has 15 heteroatoms. The maximum atomic E-state index is 12.6. The van der Waals surface area contributed by atoms with E-state index >= 15 is 0 Å². The van der Waals surface area contributed by atoms with Gasteiger partial charge in [-0.2, -0.15) is 0 Å². The van der Waals surface area contributed by atoms with Gasteiger partial charge in [-0.05, 0) is 6.07 Å². The third kappa shape index (κ3) is 3.98. The smallest absolute Gasteiger partial charge is 0.353 e. The zero-order chi connectivity index (χ0) is 25.3. The molecule has 2 aromatic rings. The first-order valence-corrected chi connectivity index (χ1v) is 9.78. The number of hydrogen-bond donors (Lipinski definition) is 7. The summed E-state index contributed by atoms with van der Waals surface area (Å²) >= 11 is 0. The summed E-state index contributed by atoms with van der Waals surface area (Å²) in [6.45, 7) is -3.42. The summed E-state index contributed by atoms with van der Waals surface area (Å²) in [5.74, 6) is -5.89. The average Bonchev–Trinajstić information content (AvgIpc) is 3.01. The zero-order valence-corrected chi connectivity index (χ0v) is 17.5. The van der Waals surface area contributed by atoms with E-state index in [1.54, 1.807) is 0 Å². The van der Waals surface area contributed by atoms with E-state index in [-0.39, 0.29) is 20.9 Å². The number of benzene rings is 1. The summed E-state index contributed by atoms with van der Waals surface area (Å²) < 4.78 is 22.2. The number of aliphatic hydroxyl groups is 4. The van der Waals surface area contributed by atoms with Gasteiger partial charge >= 0.3 is 17.6 Å². The van der Waals surface area contributed by atoms with E-state index < -0.39 is 73.3 Å². The molecule has 1 aliphatic heterocycles. The van der Waals surface area contributed by atoms with Crippen LogP contribution in [0.3, 0.4) is 0 Å². The Labute approximate surface area is 190 Å². The van der Waals surface area contributed by atoms with E-state index in [1.807, 2.05) is 0 Å². The highest BCUT2D eigenvalue weighted by atomic mass is 19.1. The number of hydrogen-bond acceptors (Lipinski definition) is 13. The molecule has 4 atom stereocenters. The summed E-state index contributed by atoms with van der Waals surface area (Å²) in [6.07, 6.45) is -3.38. The monoisotopic (exact) mass is 486 g/mol. The van der Waals surface area contributed by atoms with E-state index in [0.29, 0.717) is 6.20 Å². The molecule has 0 saturated carbocycles. The molecule has 2 heterocycles. The molecular weight excluding hydrogens is 463 g/mol.